The Morgan fingerprint density at radius 1 is 0.252 bits per heavy atom. The average molecular weight is 1560 g/mol. The lowest BCUT2D eigenvalue weighted by molar-refractivity contribution is -0.161. The van der Waals surface area contributed by atoms with Crippen molar-refractivity contribution in [3.05, 3.63) is 0 Å². The summed E-state index contributed by atoms with van der Waals surface area (Å²) in [4.78, 5) is 73.3. The topological polar surface area (TPSA) is 237 Å². The lowest BCUT2D eigenvalue weighted by atomic mass is 10.0. The molecule has 0 spiro atoms. The van der Waals surface area contributed by atoms with Gasteiger partial charge in [-0.25, -0.2) is 9.13 Å². The molecule has 19 heteroatoms. The fourth-order valence-electron chi connectivity index (χ4n) is 13.7. The second-order valence-electron chi connectivity index (χ2n) is 33.1. The Morgan fingerprint density at radius 3 is 0.636 bits per heavy atom. The van der Waals surface area contributed by atoms with Crippen molar-refractivity contribution < 1.29 is 80.2 Å². The summed E-state index contributed by atoms with van der Waals surface area (Å²) in [5.41, 5.74) is 0. The van der Waals surface area contributed by atoms with Gasteiger partial charge in [0.15, 0.2) is 12.2 Å². The van der Waals surface area contributed by atoms with Gasteiger partial charge < -0.3 is 33.8 Å². The lowest BCUT2D eigenvalue weighted by Crippen LogP contribution is -2.30. The fraction of sp³-hybridized carbons (Fsp3) is 0.955. The van der Waals surface area contributed by atoms with E-state index >= 15 is 0 Å². The highest BCUT2D eigenvalue weighted by Crippen LogP contribution is 2.45. The number of aliphatic hydroxyl groups excluding tert-OH is 1. The predicted octanol–water partition coefficient (Wildman–Crippen LogP) is 26.9. The van der Waals surface area contributed by atoms with Crippen LogP contribution in [0.3, 0.4) is 0 Å². The minimum absolute atomic E-state index is 0.107. The third-order valence-corrected chi connectivity index (χ3v) is 22.5. The van der Waals surface area contributed by atoms with Crippen LogP contribution in [0.2, 0.25) is 0 Å². The molecule has 0 aliphatic heterocycles. The molecule has 0 fully saturated rings. The van der Waals surface area contributed by atoms with Gasteiger partial charge in [0.1, 0.15) is 19.3 Å². The minimum atomic E-state index is -4.97. The third kappa shape index (κ3) is 81.9. The minimum Gasteiger partial charge on any atom is -0.462 e. The van der Waals surface area contributed by atoms with Crippen molar-refractivity contribution >= 4 is 39.5 Å². The molecule has 0 saturated heterocycles. The van der Waals surface area contributed by atoms with Crippen LogP contribution >= 0.6 is 15.6 Å². The van der Waals surface area contributed by atoms with Crippen molar-refractivity contribution in [2.24, 2.45) is 17.8 Å². The molecule has 0 rings (SSSR count). The van der Waals surface area contributed by atoms with Crippen molar-refractivity contribution in [1.82, 2.24) is 0 Å². The molecule has 107 heavy (non-hydrogen) atoms. The molecule has 3 N–H and O–H groups in total. The average Bonchev–Trinajstić information content (AvgIpc) is 0.904. The van der Waals surface area contributed by atoms with E-state index in [2.05, 4.69) is 48.5 Å². The molecule has 5 atom stereocenters. The molecule has 0 bridgehead atoms. The highest BCUT2D eigenvalue weighted by Gasteiger charge is 2.31. The first-order valence-corrected chi connectivity index (χ1v) is 48.3. The SMILES string of the molecule is CCCCCCCCCCCCCCCCCCCCCCCCC(=O)O[C@H](COC(=O)CCCCCCCCCCCCCCCCCCC(C)C)COP(=O)(O)OC[C@@H](O)COP(=O)(O)OC[C@@H](COC(=O)CCCCCCCCCC(C)C)OC(=O)CCCCCCCCCCCCCCCC(C)C. The van der Waals surface area contributed by atoms with E-state index in [1.165, 1.54) is 270 Å². The summed E-state index contributed by atoms with van der Waals surface area (Å²) in [7, 11) is -9.93. The number of carbonyl (C=O) groups excluding carboxylic acids is 4. The van der Waals surface area contributed by atoms with Gasteiger partial charge in [0.05, 0.1) is 26.4 Å². The van der Waals surface area contributed by atoms with Crippen LogP contribution in [0.5, 0.6) is 0 Å². The highest BCUT2D eigenvalue weighted by molar-refractivity contribution is 7.47. The lowest BCUT2D eigenvalue weighted by Gasteiger charge is -2.21. The molecule has 0 heterocycles. The van der Waals surface area contributed by atoms with Crippen molar-refractivity contribution in [3.8, 4) is 0 Å². The van der Waals surface area contributed by atoms with Crippen molar-refractivity contribution in [2.75, 3.05) is 39.6 Å². The molecule has 0 amide bonds. The van der Waals surface area contributed by atoms with Crippen LogP contribution in [0.15, 0.2) is 0 Å². The largest absolute Gasteiger partial charge is 0.472 e. The Labute approximate surface area is 658 Å². The molecular formula is C88H172O17P2. The summed E-state index contributed by atoms with van der Waals surface area (Å²) in [5.74, 6) is 0.200. The summed E-state index contributed by atoms with van der Waals surface area (Å²) in [6.45, 7) is 12.0. The van der Waals surface area contributed by atoms with Gasteiger partial charge in [0, 0.05) is 25.7 Å². The number of rotatable bonds is 86. The maximum Gasteiger partial charge on any atom is 0.472 e. The zero-order valence-corrected chi connectivity index (χ0v) is 72.4. The second kappa shape index (κ2) is 78.0. The number of unbranched alkanes of at least 4 members (excludes halogenated alkanes) is 54. The van der Waals surface area contributed by atoms with Gasteiger partial charge in [-0.3, -0.25) is 37.3 Å². The van der Waals surface area contributed by atoms with Crippen LogP contribution in [-0.4, -0.2) is 96.7 Å². The number of phosphoric acid groups is 2. The number of phosphoric ester groups is 2. The Balaban J connectivity index is 5.22. The molecule has 2 unspecified atom stereocenters. The van der Waals surface area contributed by atoms with Gasteiger partial charge in [-0.2, -0.15) is 0 Å². The van der Waals surface area contributed by atoms with Crippen LogP contribution in [0.4, 0.5) is 0 Å². The predicted molar refractivity (Wildman–Crippen MR) is 441 cm³/mol. The summed E-state index contributed by atoms with van der Waals surface area (Å²) in [5, 5.41) is 10.7. The van der Waals surface area contributed by atoms with Crippen LogP contribution in [0, 0.1) is 17.8 Å². The van der Waals surface area contributed by atoms with Crippen LogP contribution < -0.4 is 0 Å². The molecule has 0 aliphatic rings. The van der Waals surface area contributed by atoms with Crippen LogP contribution in [0.25, 0.3) is 0 Å². The van der Waals surface area contributed by atoms with Gasteiger partial charge in [0.2, 0.25) is 0 Å². The third-order valence-electron chi connectivity index (χ3n) is 20.6. The zero-order chi connectivity index (χ0) is 78.6. The van der Waals surface area contributed by atoms with Gasteiger partial charge in [-0.05, 0) is 43.4 Å². The second-order valence-corrected chi connectivity index (χ2v) is 36.0. The molecule has 0 radical (unpaired) electrons. The maximum atomic E-state index is 13.2. The van der Waals surface area contributed by atoms with Gasteiger partial charge in [-0.15, -0.1) is 0 Å². The summed E-state index contributed by atoms with van der Waals surface area (Å²) < 4.78 is 68.9. The van der Waals surface area contributed by atoms with Crippen LogP contribution in [-0.2, 0) is 65.4 Å². The van der Waals surface area contributed by atoms with Crippen molar-refractivity contribution in [2.45, 2.75) is 484 Å². The van der Waals surface area contributed by atoms with E-state index in [0.29, 0.717) is 31.6 Å². The highest BCUT2D eigenvalue weighted by atomic mass is 31.2. The molecule has 0 aromatic rings. The van der Waals surface area contributed by atoms with E-state index in [1.807, 2.05) is 0 Å². The molecular weight excluding hydrogens is 1390 g/mol. The Hall–Kier alpha value is -1.94. The fourth-order valence-corrected chi connectivity index (χ4v) is 15.3. The van der Waals surface area contributed by atoms with E-state index in [-0.39, 0.29) is 25.7 Å². The van der Waals surface area contributed by atoms with E-state index in [4.69, 9.17) is 37.0 Å². The zero-order valence-electron chi connectivity index (χ0n) is 70.6. The number of esters is 4. The molecule has 0 aromatic heterocycles. The maximum absolute atomic E-state index is 13.2. The quantitative estimate of drug-likeness (QED) is 0.0222. The number of hydrogen-bond acceptors (Lipinski definition) is 15. The Morgan fingerprint density at radius 2 is 0.430 bits per heavy atom. The Kier molecular flexibility index (Phi) is 76.6. The summed E-state index contributed by atoms with van der Waals surface area (Å²) in [6.07, 6.45) is 69.7. The number of aliphatic hydroxyl groups is 1. The molecule has 0 saturated carbocycles. The first-order valence-electron chi connectivity index (χ1n) is 45.3. The standard InChI is InChI=1S/C88H172O17P2/c1-8-9-10-11-12-13-14-15-16-17-18-19-20-21-22-27-32-37-42-49-57-64-71-87(92)104-83(75-98-85(90)69-62-55-48-41-36-31-26-24-23-25-29-34-39-45-52-59-66-79(2)3)77-102-106(94,95)100-73-82(89)74-101-107(96,97)103-78-84(76-99-86(91)70-63-56-51-44-47-54-61-68-81(6)7)105-88(93)72-65-58-50-43-38-33-28-30-35-40-46-53-60-67-80(4)5/h79-84,89H,8-78H2,1-7H3,(H,94,95)(H,96,97)/t82-,83-,84-/m1/s1. The van der Waals surface area contributed by atoms with Crippen molar-refractivity contribution in [3.63, 3.8) is 0 Å². The smallest absolute Gasteiger partial charge is 0.462 e. The normalized spacial score (nSPS) is 13.8. The van der Waals surface area contributed by atoms with Gasteiger partial charge in [-0.1, -0.05) is 414 Å². The van der Waals surface area contributed by atoms with Crippen LogP contribution in [0.1, 0.15) is 466 Å². The monoisotopic (exact) mass is 1560 g/mol. The van der Waals surface area contributed by atoms with E-state index in [9.17, 15) is 43.2 Å². The first-order chi connectivity index (χ1) is 51.7. The molecule has 636 valence electrons. The number of carbonyl (C=O) groups is 4. The van der Waals surface area contributed by atoms with E-state index in [1.54, 1.807) is 0 Å². The van der Waals surface area contributed by atoms with Gasteiger partial charge in [0.25, 0.3) is 0 Å². The molecule has 0 aliphatic carbocycles. The number of hydrogen-bond donors (Lipinski definition) is 3. The van der Waals surface area contributed by atoms with E-state index < -0.39 is 97.5 Å². The summed E-state index contributed by atoms with van der Waals surface area (Å²) in [6, 6.07) is 0. The Bertz CT molecular complexity index is 2060. The first kappa shape index (κ1) is 105. The van der Waals surface area contributed by atoms with Crippen molar-refractivity contribution in [1.29, 1.82) is 0 Å². The summed E-state index contributed by atoms with van der Waals surface area (Å²) >= 11 is 0. The molecule has 0 aromatic carbocycles. The number of ether oxygens (including phenoxy) is 4. The molecule has 17 nitrogen and oxygen atoms in total. The van der Waals surface area contributed by atoms with E-state index in [0.717, 1.165) is 108 Å². The van der Waals surface area contributed by atoms with Gasteiger partial charge >= 0.3 is 39.5 Å².